The molecule has 7 nitrogen and oxygen atoms in total. The zero-order chi connectivity index (χ0) is 28.7. The van der Waals surface area contributed by atoms with Gasteiger partial charge in [-0.1, -0.05) is 39.8 Å². The van der Waals surface area contributed by atoms with Gasteiger partial charge in [-0.05, 0) is 48.6 Å². The van der Waals surface area contributed by atoms with E-state index in [2.05, 4.69) is 34.3 Å². The Labute approximate surface area is 231 Å². The van der Waals surface area contributed by atoms with Crippen molar-refractivity contribution in [2.75, 3.05) is 20.3 Å². The van der Waals surface area contributed by atoms with E-state index < -0.39 is 11.9 Å². The predicted octanol–water partition coefficient (Wildman–Crippen LogP) is 5.98. The van der Waals surface area contributed by atoms with Crippen molar-refractivity contribution in [3.05, 3.63) is 58.5 Å². The van der Waals surface area contributed by atoms with Gasteiger partial charge in [0, 0.05) is 53.4 Å². The Balaban J connectivity index is 2.03. The van der Waals surface area contributed by atoms with Crippen molar-refractivity contribution in [2.24, 2.45) is 10.8 Å². The molecule has 39 heavy (non-hydrogen) atoms. The maximum Gasteiger partial charge on any atom is 0.305 e. The highest BCUT2D eigenvalue weighted by Crippen LogP contribution is 2.55. The average molecular weight is 536 g/mol. The van der Waals surface area contributed by atoms with Crippen molar-refractivity contribution < 1.29 is 29.0 Å². The number of nitrogens with zero attached hydrogens (tertiary/aromatic N) is 1. The van der Waals surface area contributed by atoms with E-state index in [9.17, 15) is 19.5 Å². The summed E-state index contributed by atoms with van der Waals surface area (Å²) >= 11 is 0. The van der Waals surface area contributed by atoms with Crippen LogP contribution in [0.1, 0.15) is 83.8 Å². The third kappa shape index (κ3) is 5.54. The number of carboxylic acid groups (broad SMARTS) is 1. The van der Waals surface area contributed by atoms with E-state index in [0.29, 0.717) is 61.4 Å². The van der Waals surface area contributed by atoms with Crippen molar-refractivity contribution in [1.29, 1.82) is 0 Å². The van der Waals surface area contributed by atoms with Crippen LogP contribution >= 0.6 is 0 Å². The van der Waals surface area contributed by atoms with Gasteiger partial charge in [-0.15, -0.1) is 6.58 Å². The number of methoxy groups -OCH3 is 1. The number of carbonyl (C=O) groups excluding carboxylic acids is 2. The van der Waals surface area contributed by atoms with Crippen LogP contribution in [0.15, 0.2) is 47.3 Å². The molecule has 7 heteroatoms. The number of hydrogen-bond donors (Lipinski definition) is 1. The molecule has 0 radical (unpaired) electrons. The lowest BCUT2D eigenvalue weighted by Gasteiger charge is -2.49. The van der Waals surface area contributed by atoms with E-state index in [-0.39, 0.29) is 35.4 Å². The molecule has 0 amide bonds. The summed E-state index contributed by atoms with van der Waals surface area (Å²) in [5, 5.41) is 9.56. The first-order valence-corrected chi connectivity index (χ1v) is 13.8. The molecule has 0 saturated carbocycles. The minimum absolute atomic E-state index is 0.00822. The van der Waals surface area contributed by atoms with Gasteiger partial charge in [0.15, 0.2) is 23.1 Å². The summed E-state index contributed by atoms with van der Waals surface area (Å²) in [5.74, 6) is -0.247. The summed E-state index contributed by atoms with van der Waals surface area (Å²) < 4.78 is 11.7. The molecule has 0 atom stereocenters. The van der Waals surface area contributed by atoms with Gasteiger partial charge in [0.1, 0.15) is 0 Å². The summed E-state index contributed by atoms with van der Waals surface area (Å²) in [5.41, 5.74) is 4.06. The number of allylic oxidation sites excluding steroid dienone is 5. The molecular weight excluding hydrogens is 494 g/mol. The summed E-state index contributed by atoms with van der Waals surface area (Å²) in [7, 11) is 1.59. The number of ketones is 2. The van der Waals surface area contributed by atoms with E-state index in [1.54, 1.807) is 13.2 Å². The van der Waals surface area contributed by atoms with Gasteiger partial charge in [-0.3, -0.25) is 14.4 Å². The van der Waals surface area contributed by atoms with Gasteiger partial charge in [0.05, 0.1) is 20.1 Å². The fraction of sp³-hybridized carbons (Fsp3) is 0.531. The molecule has 210 valence electrons. The van der Waals surface area contributed by atoms with Crippen LogP contribution in [0.5, 0.6) is 11.5 Å². The van der Waals surface area contributed by atoms with Gasteiger partial charge in [-0.2, -0.15) is 0 Å². The summed E-state index contributed by atoms with van der Waals surface area (Å²) in [6, 6.07) is 3.91. The zero-order valence-electron chi connectivity index (χ0n) is 24.1. The quantitative estimate of drug-likeness (QED) is 0.389. The van der Waals surface area contributed by atoms with Crippen molar-refractivity contribution in [3.8, 4) is 11.5 Å². The number of rotatable bonds is 9. The van der Waals surface area contributed by atoms with Crippen LogP contribution in [0.4, 0.5) is 0 Å². The van der Waals surface area contributed by atoms with Crippen LogP contribution in [0, 0.1) is 10.8 Å². The van der Waals surface area contributed by atoms with Crippen molar-refractivity contribution in [3.63, 3.8) is 0 Å². The monoisotopic (exact) mass is 535 g/mol. The fourth-order valence-electron chi connectivity index (χ4n) is 6.48. The molecule has 0 bridgehead atoms. The van der Waals surface area contributed by atoms with Crippen LogP contribution in [0.2, 0.25) is 0 Å². The maximum atomic E-state index is 13.9. The van der Waals surface area contributed by atoms with Gasteiger partial charge in [-0.25, -0.2) is 0 Å². The van der Waals surface area contributed by atoms with Gasteiger partial charge in [0.25, 0.3) is 0 Å². The van der Waals surface area contributed by atoms with E-state index in [1.165, 1.54) is 0 Å². The van der Waals surface area contributed by atoms with Gasteiger partial charge < -0.3 is 19.5 Å². The van der Waals surface area contributed by atoms with Gasteiger partial charge in [0.2, 0.25) is 0 Å². The third-order valence-electron chi connectivity index (χ3n) is 7.93. The lowest BCUT2D eigenvalue weighted by Crippen LogP contribution is -2.45. The minimum Gasteiger partial charge on any atom is -0.493 e. The van der Waals surface area contributed by atoms with Crippen LogP contribution < -0.4 is 9.47 Å². The fourth-order valence-corrected chi connectivity index (χ4v) is 6.48. The Kier molecular flexibility index (Phi) is 7.84. The molecule has 1 aromatic rings. The smallest absolute Gasteiger partial charge is 0.305 e. The number of ether oxygens (including phenoxy) is 2. The molecule has 0 fully saturated rings. The Bertz CT molecular complexity index is 1230. The van der Waals surface area contributed by atoms with E-state index in [1.807, 2.05) is 24.0 Å². The minimum atomic E-state index is -0.908. The van der Waals surface area contributed by atoms with Crippen LogP contribution in [-0.2, 0) is 20.8 Å². The second kappa shape index (κ2) is 10.7. The van der Waals surface area contributed by atoms with E-state index in [0.717, 1.165) is 22.5 Å². The first kappa shape index (κ1) is 28.7. The molecule has 1 heterocycles. The Morgan fingerprint density at radius 1 is 1.05 bits per heavy atom. The number of Topliss-reactive ketones (excluding diaryl/α,β-unsaturated/α-hetero) is 2. The Hall–Kier alpha value is -3.35. The Morgan fingerprint density at radius 2 is 1.62 bits per heavy atom. The van der Waals surface area contributed by atoms with Crippen LogP contribution in [-0.4, -0.2) is 47.8 Å². The molecule has 1 aromatic carbocycles. The van der Waals surface area contributed by atoms with Crippen molar-refractivity contribution in [2.45, 2.75) is 79.1 Å². The standard InChI is InChI=1S/C32H41NO6/c1-8-10-19-13-20(14-25(38-7)30(19)39-9-2)27-28-21(15-31(3,4)17-23(28)34)33(12-11-26(36)37)22-16-32(5,6)18-24(35)29(22)27/h8,13-14,27H,1,9-12,15-18H2,2-7H3,(H,36,37). The maximum absolute atomic E-state index is 13.9. The molecule has 0 unspecified atom stereocenters. The predicted molar refractivity (Wildman–Crippen MR) is 150 cm³/mol. The molecule has 4 rings (SSSR count). The molecule has 1 aliphatic heterocycles. The molecule has 3 aliphatic rings. The number of carboxylic acids is 1. The molecule has 1 N–H and O–H groups in total. The average Bonchev–Trinajstić information content (AvgIpc) is 2.81. The number of carbonyl (C=O) groups is 3. The van der Waals surface area contributed by atoms with E-state index in [4.69, 9.17) is 9.47 Å². The molecule has 0 saturated heterocycles. The number of aliphatic carboxylic acids is 1. The van der Waals surface area contributed by atoms with E-state index >= 15 is 0 Å². The summed E-state index contributed by atoms with van der Waals surface area (Å²) in [6.45, 7) is 14.8. The zero-order valence-corrected chi connectivity index (χ0v) is 24.1. The summed E-state index contributed by atoms with van der Waals surface area (Å²) in [4.78, 5) is 41.6. The lowest BCUT2D eigenvalue weighted by atomic mass is 9.63. The molecular formula is C32H41NO6. The molecule has 0 spiro atoms. The topological polar surface area (TPSA) is 93.1 Å². The molecule has 0 aromatic heterocycles. The highest BCUT2D eigenvalue weighted by Gasteiger charge is 2.49. The molecule has 2 aliphatic carbocycles. The largest absolute Gasteiger partial charge is 0.493 e. The third-order valence-corrected chi connectivity index (χ3v) is 7.93. The first-order chi connectivity index (χ1) is 18.3. The number of hydrogen-bond acceptors (Lipinski definition) is 6. The van der Waals surface area contributed by atoms with Crippen molar-refractivity contribution in [1.82, 2.24) is 4.90 Å². The highest BCUT2D eigenvalue weighted by atomic mass is 16.5. The normalized spacial score (nSPS) is 20.5. The second-order valence-electron chi connectivity index (χ2n) is 12.5. The second-order valence-corrected chi connectivity index (χ2v) is 12.5. The van der Waals surface area contributed by atoms with Crippen LogP contribution in [0.25, 0.3) is 0 Å². The van der Waals surface area contributed by atoms with Crippen LogP contribution in [0.3, 0.4) is 0 Å². The van der Waals surface area contributed by atoms with Gasteiger partial charge >= 0.3 is 5.97 Å². The first-order valence-electron chi connectivity index (χ1n) is 13.8. The number of benzene rings is 1. The highest BCUT2D eigenvalue weighted by molar-refractivity contribution is 6.07. The Morgan fingerprint density at radius 3 is 2.08 bits per heavy atom. The van der Waals surface area contributed by atoms with Crippen molar-refractivity contribution >= 4 is 17.5 Å². The SMILES string of the molecule is C=CCc1cc(C2C3=C(CC(C)(C)CC3=O)N(CCC(=O)O)C3=C2C(=O)CC(C)(C)C3)cc(OC)c1OCC. The summed E-state index contributed by atoms with van der Waals surface area (Å²) in [6.07, 6.45) is 4.24. The lowest BCUT2D eigenvalue weighted by molar-refractivity contribution is -0.137.